The van der Waals surface area contributed by atoms with Crippen molar-refractivity contribution in [1.29, 1.82) is 0 Å². The van der Waals surface area contributed by atoms with Crippen LogP contribution >= 0.6 is 0 Å². The van der Waals surface area contributed by atoms with Crippen LogP contribution in [-0.4, -0.2) is 18.7 Å². The fourth-order valence-corrected chi connectivity index (χ4v) is 3.67. The Balaban J connectivity index is 1.71. The predicted molar refractivity (Wildman–Crippen MR) is 101 cm³/mol. The van der Waals surface area contributed by atoms with Crippen LogP contribution in [0.25, 0.3) is 10.8 Å². The van der Waals surface area contributed by atoms with Crippen LogP contribution < -0.4 is 15.6 Å². The molecule has 0 bridgehead atoms. The van der Waals surface area contributed by atoms with Crippen LogP contribution in [0, 0.1) is 5.82 Å². The second-order valence-electron chi connectivity index (χ2n) is 6.77. The molecule has 2 N–H and O–H groups in total. The highest BCUT2D eigenvalue weighted by Crippen LogP contribution is 2.31. The zero-order valence-corrected chi connectivity index (χ0v) is 15.2. The van der Waals surface area contributed by atoms with Crippen molar-refractivity contribution < 1.29 is 13.9 Å². The van der Waals surface area contributed by atoms with Gasteiger partial charge in [-0.1, -0.05) is 18.2 Å². The smallest absolute Gasteiger partial charge is 0.256 e. The Morgan fingerprint density at radius 3 is 2.74 bits per heavy atom. The van der Waals surface area contributed by atoms with Crippen molar-refractivity contribution >= 4 is 10.8 Å². The van der Waals surface area contributed by atoms with Gasteiger partial charge in [-0.15, -0.1) is 0 Å². The number of hydrogen-bond donors (Lipinski definition) is 2. The van der Waals surface area contributed by atoms with Crippen molar-refractivity contribution in [2.24, 2.45) is 0 Å². The normalized spacial score (nSPS) is 17.5. The summed E-state index contributed by atoms with van der Waals surface area (Å²) in [6.07, 6.45) is 0. The van der Waals surface area contributed by atoms with E-state index in [0.29, 0.717) is 18.6 Å². The molecule has 4 rings (SSSR count). The van der Waals surface area contributed by atoms with Crippen molar-refractivity contribution in [2.75, 3.05) is 13.7 Å². The van der Waals surface area contributed by atoms with Crippen LogP contribution in [0.5, 0.6) is 5.75 Å². The van der Waals surface area contributed by atoms with E-state index >= 15 is 0 Å². The second kappa shape index (κ2) is 7.13. The van der Waals surface area contributed by atoms with Crippen LogP contribution in [0.3, 0.4) is 0 Å². The molecule has 0 aliphatic carbocycles. The Labute approximate surface area is 156 Å². The minimum atomic E-state index is -0.420. The third-order valence-corrected chi connectivity index (χ3v) is 5.05. The summed E-state index contributed by atoms with van der Waals surface area (Å²) in [7, 11) is 1.64. The molecule has 1 aromatic heterocycles. The first kappa shape index (κ1) is 17.7. The van der Waals surface area contributed by atoms with Crippen LogP contribution in [0.15, 0.2) is 47.3 Å². The molecule has 0 saturated carbocycles. The van der Waals surface area contributed by atoms with Crippen LogP contribution in [0.4, 0.5) is 4.39 Å². The molecular weight excluding hydrogens is 347 g/mol. The molecule has 1 aliphatic heterocycles. The molecular formula is C21H21FN2O3. The number of benzene rings is 2. The summed E-state index contributed by atoms with van der Waals surface area (Å²) >= 11 is 0. The molecule has 2 heterocycles. The molecule has 0 spiro atoms. The number of rotatable bonds is 4. The third kappa shape index (κ3) is 3.34. The van der Waals surface area contributed by atoms with E-state index in [9.17, 15) is 9.18 Å². The first-order chi connectivity index (χ1) is 13.1. The number of hydrogen-bond acceptors (Lipinski definition) is 4. The van der Waals surface area contributed by atoms with Crippen molar-refractivity contribution in [3.63, 3.8) is 0 Å². The van der Waals surface area contributed by atoms with Crippen molar-refractivity contribution in [1.82, 2.24) is 10.3 Å². The van der Waals surface area contributed by atoms with Gasteiger partial charge in [0.05, 0.1) is 31.8 Å². The standard InChI is InChI=1S/C21H21FN2O3/c1-12(13-3-6-15(26-2)7-4-13)23-18-10-27-11-19-20(18)16-8-5-14(22)9-17(16)21(25)24-19/h3-9,12,18,23H,10-11H2,1-2H3,(H,24,25)/t12?,18-/m1/s1. The van der Waals surface area contributed by atoms with Gasteiger partial charge in [0.1, 0.15) is 11.6 Å². The molecule has 0 amide bonds. The summed E-state index contributed by atoms with van der Waals surface area (Å²) in [6.45, 7) is 2.89. The molecule has 0 saturated heterocycles. The predicted octanol–water partition coefficient (Wildman–Crippen LogP) is 3.60. The molecule has 0 radical (unpaired) electrons. The zero-order chi connectivity index (χ0) is 19.0. The molecule has 0 fully saturated rings. The maximum absolute atomic E-state index is 13.6. The first-order valence-corrected chi connectivity index (χ1v) is 8.89. The molecule has 1 unspecified atom stereocenters. The highest BCUT2D eigenvalue weighted by molar-refractivity contribution is 5.86. The van der Waals surface area contributed by atoms with Crippen molar-refractivity contribution in [3.05, 3.63) is 75.5 Å². The van der Waals surface area contributed by atoms with Crippen molar-refractivity contribution in [2.45, 2.75) is 25.6 Å². The maximum atomic E-state index is 13.6. The Kier molecular flexibility index (Phi) is 4.68. The average Bonchev–Trinajstić information content (AvgIpc) is 2.68. The number of aromatic nitrogens is 1. The number of methoxy groups -OCH3 is 1. The van der Waals surface area contributed by atoms with Crippen LogP contribution in [0.2, 0.25) is 0 Å². The minimum Gasteiger partial charge on any atom is -0.497 e. The van der Waals surface area contributed by atoms with Gasteiger partial charge in [-0.2, -0.15) is 0 Å². The zero-order valence-electron chi connectivity index (χ0n) is 15.2. The fourth-order valence-electron chi connectivity index (χ4n) is 3.67. The van der Waals surface area contributed by atoms with E-state index in [-0.39, 0.29) is 17.6 Å². The lowest BCUT2D eigenvalue weighted by molar-refractivity contribution is 0.0767. The largest absolute Gasteiger partial charge is 0.497 e. The van der Waals surface area contributed by atoms with E-state index in [1.807, 2.05) is 24.3 Å². The Hall–Kier alpha value is -2.70. The highest BCUT2D eigenvalue weighted by Gasteiger charge is 2.26. The second-order valence-corrected chi connectivity index (χ2v) is 6.77. The van der Waals surface area contributed by atoms with E-state index in [0.717, 1.165) is 28.0 Å². The van der Waals surface area contributed by atoms with E-state index < -0.39 is 5.82 Å². The summed E-state index contributed by atoms with van der Waals surface area (Å²) in [5.41, 5.74) is 2.53. The molecule has 6 heteroatoms. The van der Waals surface area contributed by atoms with Gasteiger partial charge in [-0.3, -0.25) is 4.79 Å². The summed E-state index contributed by atoms with van der Waals surface area (Å²) in [4.78, 5) is 15.2. The summed E-state index contributed by atoms with van der Waals surface area (Å²) in [5.74, 6) is 0.388. The van der Waals surface area contributed by atoms with Gasteiger partial charge in [0, 0.05) is 17.3 Å². The molecule has 3 aromatic rings. The van der Waals surface area contributed by atoms with Gasteiger partial charge in [0.2, 0.25) is 0 Å². The number of halogens is 1. The Morgan fingerprint density at radius 1 is 1.22 bits per heavy atom. The molecule has 5 nitrogen and oxygen atoms in total. The fraction of sp³-hybridized carbons (Fsp3) is 0.286. The summed E-state index contributed by atoms with van der Waals surface area (Å²) in [6, 6.07) is 12.2. The number of fused-ring (bicyclic) bond motifs is 3. The topological polar surface area (TPSA) is 63.4 Å². The summed E-state index contributed by atoms with van der Waals surface area (Å²) < 4.78 is 24.5. The quantitative estimate of drug-likeness (QED) is 0.739. The number of aromatic amines is 1. The maximum Gasteiger partial charge on any atom is 0.256 e. The number of H-pyrrole nitrogens is 1. The highest BCUT2D eigenvalue weighted by atomic mass is 19.1. The molecule has 2 atom stereocenters. The van der Waals surface area contributed by atoms with Gasteiger partial charge in [-0.25, -0.2) is 4.39 Å². The van der Waals surface area contributed by atoms with Gasteiger partial charge < -0.3 is 19.8 Å². The lowest BCUT2D eigenvalue weighted by Gasteiger charge is -2.30. The van der Waals surface area contributed by atoms with Gasteiger partial charge >= 0.3 is 0 Å². The van der Waals surface area contributed by atoms with E-state index in [1.54, 1.807) is 13.2 Å². The minimum absolute atomic E-state index is 0.0536. The van der Waals surface area contributed by atoms with Crippen molar-refractivity contribution in [3.8, 4) is 5.75 Å². The van der Waals surface area contributed by atoms with Gasteiger partial charge in [0.25, 0.3) is 5.56 Å². The van der Waals surface area contributed by atoms with Crippen LogP contribution in [0.1, 0.15) is 35.8 Å². The van der Waals surface area contributed by atoms with E-state index in [4.69, 9.17) is 9.47 Å². The SMILES string of the molecule is COc1ccc(C(C)N[C@@H]2COCc3[nH]c(=O)c4cc(F)ccc4c32)cc1. The van der Waals surface area contributed by atoms with Crippen LogP contribution in [-0.2, 0) is 11.3 Å². The summed E-state index contributed by atoms with van der Waals surface area (Å²) in [5, 5.41) is 4.70. The third-order valence-electron chi connectivity index (χ3n) is 5.05. The van der Waals surface area contributed by atoms with Gasteiger partial charge in [0.15, 0.2) is 0 Å². The number of pyridine rings is 1. The lowest BCUT2D eigenvalue weighted by Crippen LogP contribution is -2.33. The first-order valence-electron chi connectivity index (χ1n) is 8.89. The molecule has 140 valence electrons. The molecule has 2 aromatic carbocycles. The molecule has 27 heavy (non-hydrogen) atoms. The molecule has 1 aliphatic rings. The van der Waals surface area contributed by atoms with E-state index in [2.05, 4.69) is 17.2 Å². The number of nitrogens with one attached hydrogen (secondary N) is 2. The van der Waals surface area contributed by atoms with Gasteiger partial charge in [-0.05, 0) is 42.1 Å². The lowest BCUT2D eigenvalue weighted by atomic mass is 9.95. The number of ether oxygens (including phenoxy) is 2. The Bertz CT molecular complexity index is 1030. The average molecular weight is 368 g/mol. The van der Waals surface area contributed by atoms with E-state index in [1.165, 1.54) is 12.1 Å². The monoisotopic (exact) mass is 368 g/mol. The Morgan fingerprint density at radius 2 is 2.00 bits per heavy atom.